The fourth-order valence-electron chi connectivity index (χ4n) is 3.48. The van der Waals surface area contributed by atoms with Crippen molar-refractivity contribution in [2.24, 2.45) is 5.73 Å². The number of nitrogens with two attached hydrogens (primary N) is 1. The Bertz CT molecular complexity index is 888. The van der Waals surface area contributed by atoms with E-state index in [0.29, 0.717) is 24.2 Å². The van der Waals surface area contributed by atoms with Gasteiger partial charge in [0.2, 0.25) is 5.91 Å². The van der Waals surface area contributed by atoms with Crippen LogP contribution in [0.5, 0.6) is 0 Å². The number of likely N-dealkylation sites (tertiary alicyclic amines) is 1. The number of hydrogen-bond acceptors (Lipinski definition) is 3. The summed E-state index contributed by atoms with van der Waals surface area (Å²) in [6, 6.07) is 14.0. The fraction of sp³-hybridized carbons (Fsp3) is 0.348. The average molecular weight is 409 g/mol. The van der Waals surface area contributed by atoms with Crippen LogP contribution in [0.25, 0.3) is 0 Å². The summed E-state index contributed by atoms with van der Waals surface area (Å²) in [5.74, 6) is -0.399. The molecule has 3 rings (SSSR count). The Morgan fingerprint density at radius 2 is 1.47 bits per heavy atom. The highest BCUT2D eigenvalue weighted by Gasteiger charge is 2.18. The lowest BCUT2D eigenvalue weighted by Gasteiger charge is -2.26. The van der Waals surface area contributed by atoms with Gasteiger partial charge in [-0.3, -0.25) is 9.59 Å². The molecule has 1 aliphatic heterocycles. The van der Waals surface area contributed by atoms with Gasteiger partial charge in [0.05, 0.1) is 0 Å². The van der Waals surface area contributed by atoms with Gasteiger partial charge in [0, 0.05) is 44.4 Å². The lowest BCUT2D eigenvalue weighted by atomic mass is 10.1. The summed E-state index contributed by atoms with van der Waals surface area (Å²) >= 11 is 0. The van der Waals surface area contributed by atoms with Crippen molar-refractivity contribution < 1.29 is 14.4 Å². The average Bonchev–Trinajstić information content (AvgIpc) is 2.78. The minimum absolute atomic E-state index is 0.0763. The second kappa shape index (κ2) is 9.91. The van der Waals surface area contributed by atoms with Crippen molar-refractivity contribution in [2.75, 3.05) is 20.1 Å². The first kappa shape index (κ1) is 21.4. The minimum atomic E-state index is -0.476. The van der Waals surface area contributed by atoms with Gasteiger partial charge in [-0.25, -0.2) is 4.79 Å². The zero-order valence-electron chi connectivity index (χ0n) is 17.3. The van der Waals surface area contributed by atoms with E-state index < -0.39 is 5.91 Å². The molecule has 2 aromatic rings. The monoisotopic (exact) mass is 408 g/mol. The largest absolute Gasteiger partial charge is 0.366 e. The second-order valence-electron chi connectivity index (χ2n) is 7.63. The SMILES string of the molecule is CN(Cc1ccc(C(N)=O)cc1)C(=O)NCc1ccc(C(=O)N2CCCCC2)cc1. The number of carbonyl (C=O) groups is 3. The van der Waals surface area contributed by atoms with Gasteiger partial charge < -0.3 is 20.9 Å². The summed E-state index contributed by atoms with van der Waals surface area (Å²) < 4.78 is 0. The first-order chi connectivity index (χ1) is 14.4. The Morgan fingerprint density at radius 1 is 0.900 bits per heavy atom. The standard InChI is InChI=1S/C23H28N4O3/c1-26(16-18-7-9-19(10-8-18)21(24)28)23(30)25-15-17-5-11-20(12-6-17)22(29)27-13-3-2-4-14-27/h5-12H,2-4,13-16H2,1H3,(H2,24,28)(H,25,30). The number of primary amides is 1. The van der Waals surface area contributed by atoms with E-state index in [1.807, 2.05) is 29.2 Å². The molecule has 1 saturated heterocycles. The number of piperidine rings is 1. The molecule has 0 aliphatic carbocycles. The Kier molecular flexibility index (Phi) is 7.06. The van der Waals surface area contributed by atoms with Gasteiger partial charge in [-0.2, -0.15) is 0 Å². The Morgan fingerprint density at radius 3 is 2.07 bits per heavy atom. The lowest BCUT2D eigenvalue weighted by molar-refractivity contribution is 0.0724. The summed E-state index contributed by atoms with van der Waals surface area (Å²) in [5, 5.41) is 2.88. The molecule has 0 spiro atoms. The molecule has 1 heterocycles. The van der Waals surface area contributed by atoms with E-state index in [2.05, 4.69) is 5.32 Å². The molecule has 0 atom stereocenters. The molecule has 0 radical (unpaired) electrons. The van der Waals surface area contributed by atoms with Crippen molar-refractivity contribution in [1.29, 1.82) is 0 Å². The molecular weight excluding hydrogens is 380 g/mol. The molecule has 7 nitrogen and oxygen atoms in total. The summed E-state index contributed by atoms with van der Waals surface area (Å²) in [7, 11) is 1.71. The number of nitrogens with one attached hydrogen (secondary N) is 1. The van der Waals surface area contributed by atoms with Gasteiger partial charge in [0.15, 0.2) is 0 Å². The van der Waals surface area contributed by atoms with Crippen LogP contribution in [0.15, 0.2) is 48.5 Å². The number of urea groups is 1. The second-order valence-corrected chi connectivity index (χ2v) is 7.63. The zero-order valence-corrected chi connectivity index (χ0v) is 17.3. The predicted octanol–water partition coefficient (Wildman–Crippen LogP) is 2.75. The van der Waals surface area contributed by atoms with E-state index in [1.54, 1.807) is 36.2 Å². The molecule has 0 saturated carbocycles. The molecule has 7 heteroatoms. The zero-order chi connectivity index (χ0) is 21.5. The smallest absolute Gasteiger partial charge is 0.317 e. The van der Waals surface area contributed by atoms with E-state index in [4.69, 9.17) is 5.73 Å². The van der Waals surface area contributed by atoms with E-state index in [1.165, 1.54) is 6.42 Å². The van der Waals surface area contributed by atoms with Crippen LogP contribution in [-0.2, 0) is 13.1 Å². The normalized spacial score (nSPS) is 13.6. The van der Waals surface area contributed by atoms with Crippen molar-refractivity contribution in [1.82, 2.24) is 15.1 Å². The maximum Gasteiger partial charge on any atom is 0.317 e. The van der Waals surface area contributed by atoms with Crippen LogP contribution in [-0.4, -0.2) is 47.8 Å². The Labute approximate surface area is 176 Å². The topological polar surface area (TPSA) is 95.7 Å². The van der Waals surface area contributed by atoms with Gasteiger partial charge in [-0.05, 0) is 54.7 Å². The summed E-state index contributed by atoms with van der Waals surface area (Å²) in [4.78, 5) is 39.5. The maximum absolute atomic E-state index is 12.5. The number of rotatable bonds is 6. The van der Waals surface area contributed by atoms with Crippen LogP contribution in [0, 0.1) is 0 Å². The number of nitrogens with zero attached hydrogens (tertiary/aromatic N) is 2. The van der Waals surface area contributed by atoms with Crippen molar-refractivity contribution >= 4 is 17.8 Å². The van der Waals surface area contributed by atoms with E-state index in [9.17, 15) is 14.4 Å². The third-order valence-corrected chi connectivity index (χ3v) is 5.29. The molecule has 3 N–H and O–H groups in total. The fourth-order valence-corrected chi connectivity index (χ4v) is 3.48. The lowest BCUT2D eigenvalue weighted by Crippen LogP contribution is -2.36. The predicted molar refractivity (Wildman–Crippen MR) is 115 cm³/mol. The van der Waals surface area contributed by atoms with Crippen LogP contribution in [0.3, 0.4) is 0 Å². The summed E-state index contributed by atoms with van der Waals surface area (Å²) in [6.45, 7) is 2.44. The summed E-state index contributed by atoms with van der Waals surface area (Å²) in [6.07, 6.45) is 3.33. The molecule has 1 aliphatic rings. The molecule has 158 valence electrons. The number of benzene rings is 2. The highest BCUT2D eigenvalue weighted by atomic mass is 16.2. The van der Waals surface area contributed by atoms with Crippen molar-refractivity contribution in [3.05, 3.63) is 70.8 Å². The van der Waals surface area contributed by atoms with E-state index in [0.717, 1.165) is 37.1 Å². The number of carbonyl (C=O) groups excluding carboxylic acids is 3. The van der Waals surface area contributed by atoms with Crippen LogP contribution in [0.1, 0.15) is 51.1 Å². The molecule has 30 heavy (non-hydrogen) atoms. The van der Waals surface area contributed by atoms with Crippen molar-refractivity contribution in [3.63, 3.8) is 0 Å². The molecule has 1 fully saturated rings. The van der Waals surface area contributed by atoms with Crippen LogP contribution in [0.4, 0.5) is 4.79 Å². The molecule has 0 bridgehead atoms. The highest BCUT2D eigenvalue weighted by molar-refractivity contribution is 5.94. The maximum atomic E-state index is 12.5. The van der Waals surface area contributed by atoms with Gasteiger partial charge >= 0.3 is 6.03 Å². The highest BCUT2D eigenvalue weighted by Crippen LogP contribution is 2.14. The first-order valence-corrected chi connectivity index (χ1v) is 10.2. The van der Waals surface area contributed by atoms with Gasteiger partial charge in [0.1, 0.15) is 0 Å². The Hall–Kier alpha value is -3.35. The number of amides is 4. The van der Waals surface area contributed by atoms with E-state index >= 15 is 0 Å². The van der Waals surface area contributed by atoms with E-state index in [-0.39, 0.29) is 11.9 Å². The van der Waals surface area contributed by atoms with Gasteiger partial charge in [-0.1, -0.05) is 24.3 Å². The van der Waals surface area contributed by atoms with Gasteiger partial charge in [0.25, 0.3) is 5.91 Å². The third-order valence-electron chi connectivity index (χ3n) is 5.29. The minimum Gasteiger partial charge on any atom is -0.366 e. The van der Waals surface area contributed by atoms with Crippen LogP contribution in [0.2, 0.25) is 0 Å². The molecule has 0 aromatic heterocycles. The van der Waals surface area contributed by atoms with Crippen LogP contribution < -0.4 is 11.1 Å². The Balaban J connectivity index is 1.48. The first-order valence-electron chi connectivity index (χ1n) is 10.2. The third kappa shape index (κ3) is 5.59. The quantitative estimate of drug-likeness (QED) is 0.769. The molecule has 0 unspecified atom stereocenters. The molecule has 2 aromatic carbocycles. The van der Waals surface area contributed by atoms with Crippen molar-refractivity contribution in [3.8, 4) is 0 Å². The van der Waals surface area contributed by atoms with Crippen molar-refractivity contribution in [2.45, 2.75) is 32.4 Å². The molecule has 4 amide bonds. The van der Waals surface area contributed by atoms with Crippen LogP contribution >= 0.6 is 0 Å². The number of hydrogen-bond donors (Lipinski definition) is 2. The summed E-state index contributed by atoms with van der Waals surface area (Å²) in [5.41, 5.74) is 8.19. The van der Waals surface area contributed by atoms with Gasteiger partial charge in [-0.15, -0.1) is 0 Å². The molecular formula is C23H28N4O3.